The van der Waals surface area contributed by atoms with Crippen molar-refractivity contribution in [2.75, 3.05) is 5.32 Å². The molecule has 2 nitrogen and oxygen atoms in total. The molecule has 0 aliphatic carbocycles. The Labute approximate surface area is 136 Å². The van der Waals surface area contributed by atoms with Gasteiger partial charge < -0.3 is 5.32 Å². The average Bonchev–Trinajstić information content (AvgIpc) is 2.49. The van der Waals surface area contributed by atoms with Crippen LogP contribution in [-0.4, -0.2) is 12.0 Å². The lowest BCUT2D eigenvalue weighted by Gasteiger charge is -2.12. The molecule has 0 aliphatic rings. The van der Waals surface area contributed by atoms with Crippen LogP contribution in [0.15, 0.2) is 76.2 Å². The first-order chi connectivity index (χ1) is 10.9. The molecule has 0 saturated carbocycles. The van der Waals surface area contributed by atoms with Crippen molar-refractivity contribution in [1.82, 2.24) is 0 Å². The molecule has 2 rings (SSSR count). The Morgan fingerprint density at radius 3 is 2.30 bits per heavy atom. The maximum Gasteiger partial charge on any atom is 0.454 e. The van der Waals surface area contributed by atoms with E-state index in [-0.39, 0.29) is 5.70 Å². The quantitative estimate of drug-likeness (QED) is 0.752. The highest BCUT2D eigenvalue weighted by Crippen LogP contribution is 2.33. The van der Waals surface area contributed by atoms with Crippen LogP contribution in [0.5, 0.6) is 0 Å². The van der Waals surface area contributed by atoms with E-state index in [0.717, 1.165) is 9.79 Å². The Bertz CT molecular complexity index is 711. The lowest BCUT2D eigenvalue weighted by molar-refractivity contribution is -0.165. The number of nitrogens with one attached hydrogen (secondary N) is 1. The van der Waals surface area contributed by atoms with Crippen LogP contribution in [0.4, 0.5) is 18.9 Å². The maximum atomic E-state index is 12.3. The number of carbonyl (C=O) groups excluding carboxylic acids is 1. The molecule has 0 unspecified atom stereocenters. The number of rotatable bonds is 5. The molecule has 120 valence electrons. The second kappa shape index (κ2) is 7.37. The number of alkyl halides is 3. The molecule has 0 aliphatic heterocycles. The van der Waals surface area contributed by atoms with Gasteiger partial charge in [0.05, 0.1) is 5.69 Å². The summed E-state index contributed by atoms with van der Waals surface area (Å²) in [6.07, 6.45) is -4.30. The number of ketones is 1. The molecule has 1 N–H and O–H groups in total. The molecule has 0 aromatic heterocycles. The molecule has 0 fully saturated rings. The summed E-state index contributed by atoms with van der Waals surface area (Å²) in [6.45, 7) is 1.42. The largest absolute Gasteiger partial charge is 0.454 e. The number of anilines is 1. The third-order valence-electron chi connectivity index (χ3n) is 2.82. The molecule has 0 spiro atoms. The van der Waals surface area contributed by atoms with Crippen molar-refractivity contribution in [2.45, 2.75) is 22.9 Å². The van der Waals surface area contributed by atoms with Crippen LogP contribution >= 0.6 is 11.8 Å². The lowest BCUT2D eigenvalue weighted by Crippen LogP contribution is -2.21. The summed E-state index contributed by atoms with van der Waals surface area (Å²) in [5.74, 6) is -1.88. The monoisotopic (exact) mass is 337 g/mol. The first-order valence-electron chi connectivity index (χ1n) is 6.74. The van der Waals surface area contributed by atoms with Gasteiger partial charge in [0.2, 0.25) is 0 Å². The van der Waals surface area contributed by atoms with Gasteiger partial charge in [0, 0.05) is 21.6 Å². The Morgan fingerprint density at radius 1 is 1.04 bits per heavy atom. The fourth-order valence-corrected chi connectivity index (χ4v) is 2.72. The fraction of sp³-hybridized carbons (Fsp3) is 0.118. The van der Waals surface area contributed by atoms with Gasteiger partial charge in [-0.3, -0.25) is 4.79 Å². The van der Waals surface area contributed by atoms with Crippen LogP contribution in [-0.2, 0) is 4.79 Å². The van der Waals surface area contributed by atoms with Crippen LogP contribution in [0.1, 0.15) is 6.92 Å². The molecule has 6 heteroatoms. The van der Waals surface area contributed by atoms with E-state index in [2.05, 4.69) is 5.32 Å². The number of para-hydroxylation sites is 1. The van der Waals surface area contributed by atoms with Crippen molar-refractivity contribution in [3.63, 3.8) is 0 Å². The summed E-state index contributed by atoms with van der Waals surface area (Å²) < 4.78 is 36.9. The molecule has 0 saturated heterocycles. The van der Waals surface area contributed by atoms with E-state index in [0.29, 0.717) is 11.8 Å². The Hall–Kier alpha value is -2.21. The molecule has 0 heterocycles. The Balaban J connectivity index is 2.18. The van der Waals surface area contributed by atoms with Gasteiger partial charge in [-0.15, -0.1) is 0 Å². The molecular weight excluding hydrogens is 323 g/mol. The second-order valence-electron chi connectivity index (χ2n) is 4.73. The summed E-state index contributed by atoms with van der Waals surface area (Å²) in [5, 5.41) is 2.85. The minimum absolute atomic E-state index is 0.133. The molecule has 0 radical (unpaired) electrons. The lowest BCUT2D eigenvalue weighted by atomic mass is 10.2. The molecule has 0 atom stereocenters. The number of hydrogen-bond donors (Lipinski definition) is 1. The zero-order valence-corrected chi connectivity index (χ0v) is 13.0. The molecule has 2 aromatic carbocycles. The molecule has 0 amide bonds. The summed E-state index contributed by atoms with van der Waals surface area (Å²) in [7, 11) is 0. The smallest absolute Gasteiger partial charge is 0.358 e. The summed E-state index contributed by atoms with van der Waals surface area (Å²) in [6, 6.07) is 16.8. The van der Waals surface area contributed by atoms with Crippen molar-refractivity contribution < 1.29 is 18.0 Å². The number of carbonyl (C=O) groups is 1. The zero-order chi connectivity index (χ0) is 16.9. The topological polar surface area (TPSA) is 29.1 Å². The van der Waals surface area contributed by atoms with E-state index in [1.165, 1.54) is 18.7 Å². The van der Waals surface area contributed by atoms with E-state index in [9.17, 15) is 18.0 Å². The number of allylic oxidation sites excluding steroid dienone is 2. The Morgan fingerprint density at radius 2 is 1.65 bits per heavy atom. The highest BCUT2D eigenvalue weighted by atomic mass is 32.2. The van der Waals surface area contributed by atoms with Gasteiger partial charge >= 0.3 is 6.18 Å². The number of hydrogen-bond acceptors (Lipinski definition) is 3. The number of benzene rings is 2. The van der Waals surface area contributed by atoms with Crippen LogP contribution in [0.3, 0.4) is 0 Å². The predicted molar refractivity (Wildman–Crippen MR) is 85.4 cm³/mol. The molecule has 2 aromatic rings. The highest BCUT2D eigenvalue weighted by Gasteiger charge is 2.36. The normalized spacial score (nSPS) is 12.1. The maximum absolute atomic E-state index is 12.3. The summed E-state index contributed by atoms with van der Waals surface area (Å²) >= 11 is 1.48. The van der Waals surface area contributed by atoms with Gasteiger partial charge in [0.25, 0.3) is 5.78 Å². The van der Waals surface area contributed by atoms with E-state index >= 15 is 0 Å². The van der Waals surface area contributed by atoms with Gasteiger partial charge in [0.1, 0.15) is 0 Å². The third kappa shape index (κ3) is 5.17. The predicted octanol–water partition coefficient (Wildman–Crippen LogP) is 5.28. The van der Waals surface area contributed by atoms with Crippen LogP contribution in [0.2, 0.25) is 0 Å². The fourth-order valence-electron chi connectivity index (χ4n) is 1.80. The first kappa shape index (κ1) is 17.1. The summed E-state index contributed by atoms with van der Waals surface area (Å²) in [5.41, 5.74) is 0.776. The van der Waals surface area contributed by atoms with Crippen molar-refractivity contribution in [1.29, 1.82) is 0 Å². The van der Waals surface area contributed by atoms with Crippen LogP contribution in [0, 0.1) is 0 Å². The van der Waals surface area contributed by atoms with E-state index < -0.39 is 12.0 Å². The van der Waals surface area contributed by atoms with Gasteiger partial charge in [-0.25, -0.2) is 0 Å². The average molecular weight is 337 g/mol. The van der Waals surface area contributed by atoms with Crippen LogP contribution < -0.4 is 5.32 Å². The Kier molecular flexibility index (Phi) is 5.50. The molecule has 0 bridgehead atoms. The van der Waals surface area contributed by atoms with E-state index in [4.69, 9.17) is 0 Å². The van der Waals surface area contributed by atoms with Crippen molar-refractivity contribution >= 4 is 23.2 Å². The summed E-state index contributed by atoms with van der Waals surface area (Å²) in [4.78, 5) is 12.9. The third-order valence-corrected chi connectivity index (χ3v) is 3.90. The van der Waals surface area contributed by atoms with E-state index in [1.54, 1.807) is 12.1 Å². The first-order valence-corrected chi connectivity index (χ1v) is 7.56. The van der Waals surface area contributed by atoms with Gasteiger partial charge in [0.15, 0.2) is 0 Å². The second-order valence-corrected chi connectivity index (χ2v) is 5.84. The minimum atomic E-state index is -4.86. The molecule has 23 heavy (non-hydrogen) atoms. The van der Waals surface area contributed by atoms with Gasteiger partial charge in [-0.1, -0.05) is 42.1 Å². The van der Waals surface area contributed by atoms with Crippen molar-refractivity contribution in [2.24, 2.45) is 0 Å². The SMILES string of the molecule is CC(=CC(=O)C(F)(F)F)Nc1ccccc1Sc1ccccc1. The van der Waals surface area contributed by atoms with Crippen molar-refractivity contribution in [3.8, 4) is 0 Å². The standard InChI is InChI=1S/C17H14F3NOS/c1-12(11-16(22)17(18,19)20)21-14-9-5-6-10-15(14)23-13-7-3-2-4-8-13/h2-11,21H,1H3. The van der Waals surface area contributed by atoms with E-state index in [1.807, 2.05) is 42.5 Å². The molecular formula is C17H14F3NOS. The zero-order valence-electron chi connectivity index (χ0n) is 12.2. The minimum Gasteiger partial charge on any atom is -0.358 e. The van der Waals surface area contributed by atoms with Crippen LogP contribution in [0.25, 0.3) is 0 Å². The van der Waals surface area contributed by atoms with Gasteiger partial charge in [-0.05, 0) is 31.2 Å². The van der Waals surface area contributed by atoms with Gasteiger partial charge in [-0.2, -0.15) is 13.2 Å². The number of halogens is 3. The van der Waals surface area contributed by atoms with Crippen molar-refractivity contribution in [3.05, 3.63) is 66.4 Å². The highest BCUT2D eigenvalue weighted by molar-refractivity contribution is 7.99.